The van der Waals surface area contributed by atoms with Gasteiger partial charge in [0, 0.05) is 45.0 Å². The Morgan fingerprint density at radius 3 is 2.61 bits per heavy atom. The molecule has 176 valence electrons. The highest BCUT2D eigenvalue weighted by Gasteiger charge is 2.26. The lowest BCUT2D eigenvalue weighted by Gasteiger charge is -2.36. The fraction of sp³-hybridized carbons (Fsp3) is 0.417. The van der Waals surface area contributed by atoms with Crippen LogP contribution in [0.15, 0.2) is 36.4 Å². The standard InChI is InChI=1S/C24H28F2N4O3/c1-29-8-2-3-16-13-17(4-7-21(16)29)22(30-9-11-33-12-10-30)15-27-23(31)24(32)28-20-6-5-18(25)14-19(20)26/h4-7,13-14,22H,2-3,8-12,15H2,1H3,(H,27,31)(H,28,32)/t22-/m0/s1. The zero-order valence-corrected chi connectivity index (χ0v) is 18.6. The van der Waals surface area contributed by atoms with Crippen molar-refractivity contribution in [2.45, 2.75) is 18.9 Å². The van der Waals surface area contributed by atoms with Crippen LogP contribution in [-0.4, -0.2) is 63.2 Å². The number of rotatable bonds is 5. The van der Waals surface area contributed by atoms with Crippen LogP contribution in [0.2, 0.25) is 0 Å². The zero-order chi connectivity index (χ0) is 23.4. The second-order valence-electron chi connectivity index (χ2n) is 8.37. The maximum atomic E-state index is 13.8. The van der Waals surface area contributed by atoms with E-state index in [1.807, 2.05) is 0 Å². The number of nitrogens with one attached hydrogen (secondary N) is 2. The largest absolute Gasteiger partial charge is 0.379 e. The number of benzene rings is 2. The van der Waals surface area contributed by atoms with Gasteiger partial charge < -0.3 is 20.3 Å². The van der Waals surface area contributed by atoms with Gasteiger partial charge in [0.25, 0.3) is 0 Å². The van der Waals surface area contributed by atoms with Crippen molar-refractivity contribution in [3.63, 3.8) is 0 Å². The molecule has 0 saturated carbocycles. The van der Waals surface area contributed by atoms with E-state index in [0.29, 0.717) is 32.4 Å². The average Bonchev–Trinajstić information content (AvgIpc) is 2.81. The first-order valence-corrected chi connectivity index (χ1v) is 11.1. The fourth-order valence-corrected chi connectivity index (χ4v) is 4.40. The summed E-state index contributed by atoms with van der Waals surface area (Å²) >= 11 is 0. The van der Waals surface area contributed by atoms with Crippen LogP contribution >= 0.6 is 0 Å². The van der Waals surface area contributed by atoms with Crippen LogP contribution in [-0.2, 0) is 20.7 Å². The second kappa shape index (κ2) is 10.3. The van der Waals surface area contributed by atoms with E-state index < -0.39 is 23.4 Å². The number of halogens is 2. The van der Waals surface area contributed by atoms with E-state index in [4.69, 9.17) is 4.74 Å². The van der Waals surface area contributed by atoms with Crippen LogP contribution in [0.1, 0.15) is 23.6 Å². The molecule has 1 atom stereocenters. The Morgan fingerprint density at radius 2 is 1.85 bits per heavy atom. The van der Waals surface area contributed by atoms with Gasteiger partial charge in [-0.3, -0.25) is 14.5 Å². The molecule has 7 nitrogen and oxygen atoms in total. The van der Waals surface area contributed by atoms with Crippen molar-refractivity contribution in [2.24, 2.45) is 0 Å². The highest BCUT2D eigenvalue weighted by atomic mass is 19.1. The number of carbonyl (C=O) groups excluding carboxylic acids is 2. The van der Waals surface area contributed by atoms with Crippen molar-refractivity contribution in [3.05, 3.63) is 59.2 Å². The summed E-state index contributed by atoms with van der Waals surface area (Å²) in [5.41, 5.74) is 3.31. The van der Waals surface area contributed by atoms with Gasteiger partial charge in [-0.2, -0.15) is 0 Å². The fourth-order valence-electron chi connectivity index (χ4n) is 4.40. The molecule has 9 heteroatoms. The van der Waals surface area contributed by atoms with Crippen LogP contribution in [0.3, 0.4) is 0 Å². The number of hydrogen-bond acceptors (Lipinski definition) is 5. The summed E-state index contributed by atoms with van der Waals surface area (Å²) in [5.74, 6) is -3.59. The Hall–Kier alpha value is -3.04. The third kappa shape index (κ3) is 5.48. The molecule has 33 heavy (non-hydrogen) atoms. The summed E-state index contributed by atoms with van der Waals surface area (Å²) in [4.78, 5) is 29.2. The number of morpholine rings is 1. The Labute approximate surface area is 191 Å². The number of hydrogen-bond donors (Lipinski definition) is 2. The average molecular weight is 459 g/mol. The smallest absolute Gasteiger partial charge is 0.313 e. The molecule has 2 aliphatic heterocycles. The molecule has 2 amide bonds. The summed E-state index contributed by atoms with van der Waals surface area (Å²) in [5, 5.41) is 4.87. The van der Waals surface area contributed by atoms with Gasteiger partial charge in [0.1, 0.15) is 11.6 Å². The number of anilines is 2. The molecule has 0 bridgehead atoms. The van der Waals surface area contributed by atoms with Crippen molar-refractivity contribution < 1.29 is 23.1 Å². The normalized spacial score (nSPS) is 17.2. The molecule has 0 unspecified atom stereocenters. The molecule has 0 radical (unpaired) electrons. The Morgan fingerprint density at radius 1 is 1.06 bits per heavy atom. The first-order chi connectivity index (χ1) is 15.9. The summed E-state index contributed by atoms with van der Waals surface area (Å²) in [6.07, 6.45) is 2.09. The van der Waals surface area contributed by atoms with Gasteiger partial charge in [-0.05, 0) is 42.2 Å². The van der Waals surface area contributed by atoms with E-state index in [1.54, 1.807) is 0 Å². The predicted octanol–water partition coefficient (Wildman–Crippen LogP) is 2.48. The van der Waals surface area contributed by atoms with Gasteiger partial charge in [0.15, 0.2) is 0 Å². The predicted molar refractivity (Wildman–Crippen MR) is 121 cm³/mol. The molecule has 2 aliphatic rings. The molecule has 2 heterocycles. The number of aryl methyl sites for hydroxylation is 1. The summed E-state index contributed by atoms with van der Waals surface area (Å²) in [6, 6.07) is 8.98. The Bertz CT molecular complexity index is 1030. The molecule has 2 N–H and O–H groups in total. The first kappa shape index (κ1) is 23.1. The number of carbonyl (C=O) groups is 2. The van der Waals surface area contributed by atoms with Gasteiger partial charge in [-0.25, -0.2) is 8.78 Å². The lowest BCUT2D eigenvalue weighted by molar-refractivity contribution is -0.136. The molecule has 2 aromatic rings. The van der Waals surface area contributed by atoms with Gasteiger partial charge in [0.2, 0.25) is 0 Å². The highest BCUT2D eigenvalue weighted by Crippen LogP contribution is 2.31. The second-order valence-corrected chi connectivity index (χ2v) is 8.37. The van der Waals surface area contributed by atoms with Crippen LogP contribution in [0.4, 0.5) is 20.2 Å². The summed E-state index contributed by atoms with van der Waals surface area (Å²) < 4.78 is 32.4. The van der Waals surface area contributed by atoms with Gasteiger partial charge in [-0.15, -0.1) is 0 Å². The third-order valence-electron chi connectivity index (χ3n) is 6.17. The first-order valence-electron chi connectivity index (χ1n) is 11.1. The zero-order valence-electron chi connectivity index (χ0n) is 18.6. The van der Waals surface area contributed by atoms with Gasteiger partial charge in [-0.1, -0.05) is 12.1 Å². The SMILES string of the molecule is CN1CCCc2cc([C@H](CNC(=O)C(=O)Nc3ccc(F)cc3F)N3CCOCC3)ccc21. The quantitative estimate of drug-likeness (QED) is 0.674. The molecule has 0 spiro atoms. The molecule has 1 saturated heterocycles. The molecule has 0 aromatic heterocycles. The molecule has 4 rings (SSSR count). The monoisotopic (exact) mass is 458 g/mol. The minimum atomic E-state index is -1.01. The third-order valence-corrected chi connectivity index (χ3v) is 6.17. The Balaban J connectivity index is 1.46. The lowest BCUT2D eigenvalue weighted by Crippen LogP contribution is -2.45. The molecule has 0 aliphatic carbocycles. The summed E-state index contributed by atoms with van der Waals surface area (Å²) in [7, 11) is 2.08. The number of ether oxygens (including phenoxy) is 1. The molecule has 1 fully saturated rings. The molecular weight excluding hydrogens is 430 g/mol. The van der Waals surface area contributed by atoms with Crippen LogP contribution < -0.4 is 15.5 Å². The van der Waals surface area contributed by atoms with Crippen molar-refractivity contribution in [1.82, 2.24) is 10.2 Å². The highest BCUT2D eigenvalue weighted by molar-refractivity contribution is 6.39. The van der Waals surface area contributed by atoms with E-state index in [9.17, 15) is 18.4 Å². The van der Waals surface area contributed by atoms with Crippen molar-refractivity contribution >= 4 is 23.2 Å². The minimum Gasteiger partial charge on any atom is -0.379 e. The van der Waals surface area contributed by atoms with Crippen molar-refractivity contribution in [2.75, 3.05) is 56.7 Å². The maximum absolute atomic E-state index is 13.8. The van der Waals surface area contributed by atoms with E-state index in [-0.39, 0.29) is 18.3 Å². The van der Waals surface area contributed by atoms with E-state index in [1.165, 1.54) is 11.3 Å². The molecule has 2 aromatic carbocycles. The summed E-state index contributed by atoms with van der Waals surface area (Å²) in [6.45, 7) is 3.87. The van der Waals surface area contributed by atoms with E-state index >= 15 is 0 Å². The maximum Gasteiger partial charge on any atom is 0.313 e. The van der Waals surface area contributed by atoms with E-state index in [0.717, 1.165) is 37.1 Å². The van der Waals surface area contributed by atoms with Crippen molar-refractivity contribution in [1.29, 1.82) is 0 Å². The topological polar surface area (TPSA) is 73.9 Å². The van der Waals surface area contributed by atoms with Gasteiger partial charge in [0.05, 0.1) is 24.9 Å². The minimum absolute atomic E-state index is 0.134. The Kier molecular flexibility index (Phi) is 7.20. The van der Waals surface area contributed by atoms with Crippen LogP contribution in [0, 0.1) is 11.6 Å². The number of amides is 2. The van der Waals surface area contributed by atoms with Crippen molar-refractivity contribution in [3.8, 4) is 0 Å². The van der Waals surface area contributed by atoms with Crippen LogP contribution in [0.25, 0.3) is 0 Å². The van der Waals surface area contributed by atoms with Crippen LogP contribution in [0.5, 0.6) is 0 Å². The lowest BCUT2D eigenvalue weighted by atomic mass is 9.95. The van der Waals surface area contributed by atoms with Gasteiger partial charge >= 0.3 is 11.8 Å². The number of nitrogens with zero attached hydrogens (tertiary/aromatic N) is 2. The number of fused-ring (bicyclic) bond motifs is 1. The molecular formula is C24H28F2N4O3. The van der Waals surface area contributed by atoms with E-state index in [2.05, 4.69) is 45.7 Å².